The summed E-state index contributed by atoms with van der Waals surface area (Å²) in [5.41, 5.74) is -0.617. The van der Waals surface area contributed by atoms with Crippen LogP contribution in [0.4, 0.5) is 0 Å². The number of amides is 1. The first kappa shape index (κ1) is 9.70. The molecule has 1 heterocycles. The van der Waals surface area contributed by atoms with Crippen molar-refractivity contribution in [1.82, 2.24) is 10.5 Å². The van der Waals surface area contributed by atoms with Gasteiger partial charge in [-0.05, 0) is 12.8 Å². The van der Waals surface area contributed by atoms with E-state index in [9.17, 15) is 9.59 Å². The number of carboxylic acid groups (broad SMARTS) is 1. The Bertz CT molecular complexity index is 381. The van der Waals surface area contributed by atoms with Gasteiger partial charge in [-0.15, -0.1) is 0 Å². The van der Waals surface area contributed by atoms with E-state index in [1.54, 1.807) is 6.07 Å². The van der Waals surface area contributed by atoms with Crippen LogP contribution in [0.1, 0.15) is 18.5 Å². The molecule has 1 fully saturated rings. The fourth-order valence-electron chi connectivity index (χ4n) is 1.33. The van der Waals surface area contributed by atoms with Crippen LogP contribution in [-0.2, 0) is 16.1 Å². The quantitative estimate of drug-likeness (QED) is 0.690. The maximum Gasteiger partial charge on any atom is 0.319 e. The molecule has 0 radical (unpaired) electrons. The summed E-state index contributed by atoms with van der Waals surface area (Å²) in [6.45, 7) is 0.199. The molecule has 0 unspecified atom stereocenters. The van der Waals surface area contributed by atoms with E-state index >= 15 is 0 Å². The lowest BCUT2D eigenvalue weighted by atomic mass is 10.1. The largest absolute Gasteiger partial charge is 0.480 e. The van der Waals surface area contributed by atoms with E-state index in [1.807, 2.05) is 0 Å². The first-order chi connectivity index (χ1) is 7.15. The molecular weight excluding hydrogens is 200 g/mol. The summed E-state index contributed by atoms with van der Waals surface area (Å²) in [5.74, 6) is -1.50. The van der Waals surface area contributed by atoms with Crippen LogP contribution in [0.5, 0.6) is 0 Å². The number of carbonyl (C=O) groups is 2. The van der Waals surface area contributed by atoms with Crippen molar-refractivity contribution in [1.29, 1.82) is 0 Å². The average Bonchev–Trinajstić information content (AvgIpc) is 2.87. The van der Waals surface area contributed by atoms with Gasteiger partial charge in [-0.2, -0.15) is 0 Å². The van der Waals surface area contributed by atoms with Gasteiger partial charge in [0.25, 0.3) is 0 Å². The lowest BCUT2D eigenvalue weighted by Gasteiger charge is -2.08. The Morgan fingerprint density at radius 1 is 1.60 bits per heavy atom. The standard InChI is InChI=1S/C9H10N2O4/c12-7(9(2-3-9)8(13)14)10-5-6-1-4-15-11-6/h1,4H,2-3,5H2,(H,10,12)(H,13,14). The van der Waals surface area contributed by atoms with Gasteiger partial charge in [0.2, 0.25) is 5.91 Å². The van der Waals surface area contributed by atoms with E-state index in [1.165, 1.54) is 6.26 Å². The molecule has 1 saturated carbocycles. The average molecular weight is 210 g/mol. The molecule has 1 amide bonds. The monoisotopic (exact) mass is 210 g/mol. The number of aliphatic carboxylic acids is 1. The number of hydrogen-bond donors (Lipinski definition) is 2. The zero-order chi connectivity index (χ0) is 10.9. The van der Waals surface area contributed by atoms with Crippen molar-refractivity contribution in [3.63, 3.8) is 0 Å². The number of aromatic nitrogens is 1. The lowest BCUT2D eigenvalue weighted by Crippen LogP contribution is -2.36. The third-order valence-electron chi connectivity index (χ3n) is 2.52. The summed E-state index contributed by atoms with van der Waals surface area (Å²) in [4.78, 5) is 22.3. The van der Waals surface area contributed by atoms with Crippen molar-refractivity contribution in [3.05, 3.63) is 18.0 Å². The SMILES string of the molecule is O=C(O)C1(C(=O)NCc2ccon2)CC1. The molecule has 0 aromatic carbocycles. The Balaban J connectivity index is 1.91. The molecule has 1 aromatic heterocycles. The van der Waals surface area contributed by atoms with Gasteiger partial charge in [-0.25, -0.2) is 0 Å². The summed E-state index contributed by atoms with van der Waals surface area (Å²) in [5, 5.41) is 15.0. The second kappa shape index (κ2) is 3.38. The third-order valence-corrected chi connectivity index (χ3v) is 2.52. The van der Waals surface area contributed by atoms with Crippen LogP contribution in [0.2, 0.25) is 0 Å². The number of rotatable bonds is 4. The molecule has 2 N–H and O–H groups in total. The minimum Gasteiger partial charge on any atom is -0.480 e. The second-order valence-electron chi connectivity index (χ2n) is 3.56. The minimum atomic E-state index is -1.19. The Hall–Kier alpha value is -1.85. The molecule has 0 spiro atoms. The van der Waals surface area contributed by atoms with Gasteiger partial charge < -0.3 is 14.9 Å². The van der Waals surface area contributed by atoms with Gasteiger partial charge in [-0.1, -0.05) is 5.16 Å². The van der Waals surface area contributed by atoms with Crippen LogP contribution in [0, 0.1) is 5.41 Å². The zero-order valence-corrected chi connectivity index (χ0v) is 7.90. The molecule has 80 valence electrons. The Kier molecular flexibility index (Phi) is 2.18. The van der Waals surface area contributed by atoms with Gasteiger partial charge >= 0.3 is 5.97 Å². The molecule has 0 atom stereocenters. The molecule has 1 aliphatic rings. The third kappa shape index (κ3) is 1.70. The van der Waals surface area contributed by atoms with E-state index in [4.69, 9.17) is 5.11 Å². The maximum absolute atomic E-state index is 11.5. The van der Waals surface area contributed by atoms with Crippen LogP contribution in [0.15, 0.2) is 16.9 Å². The van der Waals surface area contributed by atoms with Gasteiger partial charge in [0.15, 0.2) is 0 Å². The summed E-state index contributed by atoms with van der Waals surface area (Å²) >= 11 is 0. The molecule has 6 heteroatoms. The summed E-state index contributed by atoms with van der Waals surface area (Å²) < 4.78 is 4.58. The molecule has 1 aromatic rings. The van der Waals surface area contributed by atoms with Crippen LogP contribution in [0.25, 0.3) is 0 Å². The van der Waals surface area contributed by atoms with Crippen molar-refractivity contribution in [2.75, 3.05) is 0 Å². The van der Waals surface area contributed by atoms with E-state index in [2.05, 4.69) is 15.0 Å². The summed E-state index contributed by atoms with van der Waals surface area (Å²) in [7, 11) is 0. The Morgan fingerprint density at radius 2 is 2.33 bits per heavy atom. The first-order valence-corrected chi connectivity index (χ1v) is 4.56. The van der Waals surface area contributed by atoms with Gasteiger partial charge in [0.1, 0.15) is 17.4 Å². The molecule has 0 saturated heterocycles. The zero-order valence-electron chi connectivity index (χ0n) is 7.90. The molecule has 2 rings (SSSR count). The smallest absolute Gasteiger partial charge is 0.319 e. The van der Waals surface area contributed by atoms with Gasteiger partial charge in [-0.3, -0.25) is 9.59 Å². The van der Waals surface area contributed by atoms with Crippen LogP contribution >= 0.6 is 0 Å². The van der Waals surface area contributed by atoms with E-state index in [-0.39, 0.29) is 6.54 Å². The summed E-state index contributed by atoms with van der Waals surface area (Å²) in [6, 6.07) is 1.61. The van der Waals surface area contributed by atoms with Crippen LogP contribution < -0.4 is 5.32 Å². The van der Waals surface area contributed by atoms with Crippen molar-refractivity contribution < 1.29 is 19.2 Å². The highest BCUT2D eigenvalue weighted by Crippen LogP contribution is 2.46. The maximum atomic E-state index is 11.5. The number of nitrogens with one attached hydrogen (secondary N) is 1. The number of carboxylic acids is 1. The van der Waals surface area contributed by atoms with Crippen molar-refractivity contribution in [2.24, 2.45) is 5.41 Å². The second-order valence-corrected chi connectivity index (χ2v) is 3.56. The fourth-order valence-corrected chi connectivity index (χ4v) is 1.33. The molecule has 6 nitrogen and oxygen atoms in total. The highest BCUT2D eigenvalue weighted by Gasteiger charge is 2.56. The molecular formula is C9H10N2O4. The van der Waals surface area contributed by atoms with E-state index in [0.29, 0.717) is 18.5 Å². The van der Waals surface area contributed by atoms with Crippen molar-refractivity contribution in [3.8, 4) is 0 Å². The summed E-state index contributed by atoms with van der Waals surface area (Å²) in [6.07, 6.45) is 2.21. The van der Waals surface area contributed by atoms with E-state index < -0.39 is 17.3 Å². The van der Waals surface area contributed by atoms with Gasteiger partial charge in [0.05, 0.1) is 6.54 Å². The Morgan fingerprint density at radius 3 is 2.80 bits per heavy atom. The number of nitrogens with zero attached hydrogens (tertiary/aromatic N) is 1. The Labute approximate surface area is 85.2 Å². The van der Waals surface area contributed by atoms with Gasteiger partial charge in [0, 0.05) is 6.07 Å². The first-order valence-electron chi connectivity index (χ1n) is 4.56. The normalized spacial score (nSPS) is 17.1. The van der Waals surface area contributed by atoms with Crippen LogP contribution in [-0.4, -0.2) is 22.1 Å². The lowest BCUT2D eigenvalue weighted by molar-refractivity contribution is -0.149. The highest BCUT2D eigenvalue weighted by molar-refractivity contribution is 6.04. The minimum absolute atomic E-state index is 0.199. The van der Waals surface area contributed by atoms with E-state index in [0.717, 1.165) is 0 Å². The number of carbonyl (C=O) groups excluding carboxylic acids is 1. The van der Waals surface area contributed by atoms with Crippen molar-refractivity contribution in [2.45, 2.75) is 19.4 Å². The van der Waals surface area contributed by atoms with Crippen LogP contribution in [0.3, 0.4) is 0 Å². The predicted octanol–water partition coefficient (Wildman–Crippen LogP) is 0.156. The molecule has 1 aliphatic carbocycles. The van der Waals surface area contributed by atoms with Crippen molar-refractivity contribution >= 4 is 11.9 Å². The molecule has 0 aliphatic heterocycles. The topological polar surface area (TPSA) is 92.4 Å². The molecule has 15 heavy (non-hydrogen) atoms. The molecule has 0 bridgehead atoms. The number of hydrogen-bond acceptors (Lipinski definition) is 4. The highest BCUT2D eigenvalue weighted by atomic mass is 16.5. The fraction of sp³-hybridized carbons (Fsp3) is 0.444. The predicted molar refractivity (Wildman–Crippen MR) is 47.7 cm³/mol.